The zero-order valence-corrected chi connectivity index (χ0v) is 13.5. The second-order valence-corrected chi connectivity index (χ2v) is 7.12. The van der Waals surface area contributed by atoms with Gasteiger partial charge in [-0.05, 0) is 79.7 Å². The number of hydrogen-bond donors (Lipinski definition) is 1. The number of aliphatic hydroxyl groups excluding tert-OH is 1. The molecule has 1 fully saturated rings. The predicted molar refractivity (Wildman–Crippen MR) is 83.2 cm³/mol. The molecule has 20 heavy (non-hydrogen) atoms. The smallest absolute Gasteiger partial charge is 0.122 e. The molecule has 1 aromatic rings. The lowest BCUT2D eigenvalue weighted by molar-refractivity contribution is 0.0562. The predicted octanol–water partition coefficient (Wildman–Crippen LogP) is 4.56. The first kappa shape index (κ1) is 15.4. The number of rotatable bonds is 3. The summed E-state index contributed by atoms with van der Waals surface area (Å²) in [6.45, 7) is 8.77. The van der Waals surface area contributed by atoms with Crippen LogP contribution in [0.2, 0.25) is 0 Å². The second-order valence-electron chi connectivity index (χ2n) is 7.12. The van der Waals surface area contributed by atoms with Crippen LogP contribution in [0.15, 0.2) is 12.1 Å². The Bertz CT molecular complexity index is 467. The summed E-state index contributed by atoms with van der Waals surface area (Å²) in [5, 5.41) is 10.7. The van der Waals surface area contributed by atoms with E-state index in [-0.39, 0.29) is 6.10 Å². The maximum atomic E-state index is 10.7. The quantitative estimate of drug-likeness (QED) is 0.876. The summed E-state index contributed by atoms with van der Waals surface area (Å²) < 4.78 is 5.35. The molecular formula is C18H28O2. The number of methoxy groups -OCH3 is 1. The lowest BCUT2D eigenvalue weighted by atomic mass is 9.70. The van der Waals surface area contributed by atoms with Crippen LogP contribution in [0.3, 0.4) is 0 Å². The summed E-state index contributed by atoms with van der Waals surface area (Å²) in [5.41, 5.74) is 3.75. The van der Waals surface area contributed by atoms with Gasteiger partial charge >= 0.3 is 0 Å². The van der Waals surface area contributed by atoms with Crippen molar-refractivity contribution in [3.63, 3.8) is 0 Å². The fourth-order valence-electron chi connectivity index (χ4n) is 3.34. The fourth-order valence-corrected chi connectivity index (χ4v) is 3.34. The van der Waals surface area contributed by atoms with E-state index in [2.05, 4.69) is 26.8 Å². The highest BCUT2D eigenvalue weighted by atomic mass is 16.5. The van der Waals surface area contributed by atoms with E-state index in [1.807, 2.05) is 13.0 Å². The Morgan fingerprint density at radius 1 is 1.15 bits per heavy atom. The molecule has 112 valence electrons. The van der Waals surface area contributed by atoms with Gasteiger partial charge in [0.25, 0.3) is 0 Å². The molecule has 0 bridgehead atoms. The largest absolute Gasteiger partial charge is 0.496 e. The Labute approximate surface area is 123 Å². The summed E-state index contributed by atoms with van der Waals surface area (Å²) in [5.74, 6) is 1.30. The second kappa shape index (κ2) is 5.77. The van der Waals surface area contributed by atoms with E-state index in [4.69, 9.17) is 4.74 Å². The number of benzene rings is 1. The van der Waals surface area contributed by atoms with Crippen LogP contribution < -0.4 is 4.74 Å². The van der Waals surface area contributed by atoms with Crippen molar-refractivity contribution in [1.29, 1.82) is 0 Å². The van der Waals surface area contributed by atoms with Crippen molar-refractivity contribution in [3.05, 3.63) is 28.8 Å². The molecule has 1 aliphatic carbocycles. The molecule has 0 heterocycles. The molecule has 0 aliphatic heterocycles. The third kappa shape index (κ3) is 3.17. The van der Waals surface area contributed by atoms with Crippen LogP contribution in [-0.4, -0.2) is 12.2 Å². The van der Waals surface area contributed by atoms with Gasteiger partial charge in [-0.1, -0.05) is 13.8 Å². The van der Waals surface area contributed by atoms with Crippen molar-refractivity contribution < 1.29 is 9.84 Å². The van der Waals surface area contributed by atoms with Crippen LogP contribution in [0.4, 0.5) is 0 Å². The van der Waals surface area contributed by atoms with Gasteiger partial charge in [0.05, 0.1) is 13.2 Å². The van der Waals surface area contributed by atoms with Crippen molar-refractivity contribution in [2.75, 3.05) is 7.11 Å². The monoisotopic (exact) mass is 276 g/mol. The molecule has 0 spiro atoms. The molecule has 0 radical (unpaired) electrons. The molecule has 2 heteroatoms. The normalized spacial score (nSPS) is 20.7. The first-order valence-electron chi connectivity index (χ1n) is 7.67. The molecule has 1 unspecified atom stereocenters. The van der Waals surface area contributed by atoms with Crippen molar-refractivity contribution in [2.24, 2.45) is 11.3 Å². The van der Waals surface area contributed by atoms with E-state index >= 15 is 0 Å². The summed E-state index contributed by atoms with van der Waals surface area (Å²) in [6.07, 6.45) is 4.33. The Hall–Kier alpha value is -1.02. The number of hydrogen-bond acceptors (Lipinski definition) is 2. The van der Waals surface area contributed by atoms with Gasteiger partial charge in [0.1, 0.15) is 5.75 Å². The summed E-state index contributed by atoms with van der Waals surface area (Å²) in [4.78, 5) is 0. The minimum Gasteiger partial charge on any atom is -0.496 e. The topological polar surface area (TPSA) is 29.5 Å². The van der Waals surface area contributed by atoms with E-state index < -0.39 is 0 Å². The Morgan fingerprint density at radius 2 is 1.75 bits per heavy atom. The fraction of sp³-hybridized carbons (Fsp3) is 0.667. The third-order valence-corrected chi connectivity index (χ3v) is 4.93. The van der Waals surface area contributed by atoms with Crippen molar-refractivity contribution >= 4 is 0 Å². The van der Waals surface area contributed by atoms with Crippen LogP contribution in [0.1, 0.15) is 62.3 Å². The van der Waals surface area contributed by atoms with Crippen molar-refractivity contribution in [3.8, 4) is 5.75 Å². The zero-order chi connectivity index (χ0) is 14.9. The van der Waals surface area contributed by atoms with Gasteiger partial charge in [0, 0.05) is 0 Å². The van der Waals surface area contributed by atoms with E-state index in [1.165, 1.54) is 12.8 Å². The first-order chi connectivity index (χ1) is 9.34. The highest BCUT2D eigenvalue weighted by Gasteiger charge is 2.31. The van der Waals surface area contributed by atoms with E-state index in [0.717, 1.165) is 35.3 Å². The summed E-state index contributed by atoms with van der Waals surface area (Å²) in [7, 11) is 1.70. The first-order valence-corrected chi connectivity index (χ1v) is 7.67. The van der Waals surface area contributed by atoms with Crippen LogP contribution in [0.25, 0.3) is 0 Å². The van der Waals surface area contributed by atoms with Gasteiger partial charge in [0.15, 0.2) is 0 Å². The Kier molecular flexibility index (Phi) is 4.43. The maximum absolute atomic E-state index is 10.7. The summed E-state index contributed by atoms with van der Waals surface area (Å²) >= 11 is 0. The van der Waals surface area contributed by atoms with E-state index in [9.17, 15) is 5.11 Å². The molecule has 1 atom stereocenters. The minimum atomic E-state index is -0.337. The molecule has 1 saturated carbocycles. The molecule has 1 aromatic carbocycles. The maximum Gasteiger partial charge on any atom is 0.122 e. The van der Waals surface area contributed by atoms with Gasteiger partial charge in [-0.15, -0.1) is 0 Å². The van der Waals surface area contributed by atoms with Gasteiger partial charge in [0.2, 0.25) is 0 Å². The lowest BCUT2D eigenvalue weighted by Crippen LogP contribution is -2.25. The average Bonchev–Trinajstić information content (AvgIpc) is 2.40. The van der Waals surface area contributed by atoms with Gasteiger partial charge in [-0.2, -0.15) is 0 Å². The zero-order valence-electron chi connectivity index (χ0n) is 13.5. The SMILES string of the molecule is COc1cc(C)c(C(O)C2CCC(C)(C)CC2)cc1C. The van der Waals surface area contributed by atoms with Crippen LogP contribution in [0, 0.1) is 25.2 Å². The highest BCUT2D eigenvalue weighted by molar-refractivity contribution is 5.42. The summed E-state index contributed by atoms with van der Waals surface area (Å²) in [6, 6.07) is 4.14. The van der Waals surface area contributed by atoms with Crippen molar-refractivity contribution in [1.82, 2.24) is 0 Å². The molecule has 2 rings (SSSR count). The van der Waals surface area contributed by atoms with Gasteiger partial charge in [-0.25, -0.2) is 0 Å². The molecule has 1 N–H and O–H groups in total. The molecule has 1 aliphatic rings. The van der Waals surface area contributed by atoms with E-state index in [1.54, 1.807) is 7.11 Å². The van der Waals surface area contributed by atoms with E-state index in [0.29, 0.717) is 11.3 Å². The van der Waals surface area contributed by atoms with Crippen LogP contribution >= 0.6 is 0 Å². The number of ether oxygens (including phenoxy) is 1. The van der Waals surface area contributed by atoms with Crippen molar-refractivity contribution in [2.45, 2.75) is 59.5 Å². The van der Waals surface area contributed by atoms with Gasteiger partial charge in [-0.3, -0.25) is 0 Å². The molecule has 2 nitrogen and oxygen atoms in total. The van der Waals surface area contributed by atoms with Gasteiger partial charge < -0.3 is 9.84 Å². The number of aryl methyl sites for hydroxylation is 2. The third-order valence-electron chi connectivity index (χ3n) is 4.93. The standard InChI is InChI=1S/C18H28O2/c1-12-11-16(20-5)13(2)10-15(12)17(19)14-6-8-18(3,4)9-7-14/h10-11,14,17,19H,6-9H2,1-5H3. The average molecular weight is 276 g/mol. The molecule has 0 amide bonds. The number of aliphatic hydroxyl groups is 1. The Morgan fingerprint density at radius 3 is 2.30 bits per heavy atom. The highest BCUT2D eigenvalue weighted by Crippen LogP contribution is 2.43. The van der Waals surface area contributed by atoms with Crippen LogP contribution in [0.5, 0.6) is 5.75 Å². The minimum absolute atomic E-state index is 0.337. The molecule has 0 aromatic heterocycles. The lowest BCUT2D eigenvalue weighted by Gasteiger charge is -2.36. The Balaban J connectivity index is 2.17. The van der Waals surface area contributed by atoms with Crippen LogP contribution in [-0.2, 0) is 0 Å². The molecular weight excluding hydrogens is 248 g/mol. The molecule has 0 saturated heterocycles.